The van der Waals surface area contributed by atoms with Crippen LogP contribution in [0.2, 0.25) is 10.0 Å². The number of benzene rings is 3. The van der Waals surface area contributed by atoms with Crippen molar-refractivity contribution < 1.29 is 33.3 Å². The van der Waals surface area contributed by atoms with E-state index in [2.05, 4.69) is 16.7 Å². The normalized spacial score (nSPS) is 21.5. The molecule has 3 aromatic carbocycles. The van der Waals surface area contributed by atoms with Crippen LogP contribution < -0.4 is 14.5 Å². The third-order valence-corrected chi connectivity index (χ3v) is 9.98. The van der Waals surface area contributed by atoms with E-state index in [0.717, 1.165) is 24.6 Å². The summed E-state index contributed by atoms with van der Waals surface area (Å²) in [5.74, 6) is -1.81. The molecule has 3 aromatic rings. The number of rotatable bonds is 7. The van der Waals surface area contributed by atoms with Gasteiger partial charge in [0.2, 0.25) is 0 Å². The molecule has 4 aliphatic rings. The summed E-state index contributed by atoms with van der Waals surface area (Å²) < 4.78 is 33.3. The summed E-state index contributed by atoms with van der Waals surface area (Å²) >= 11 is 13.3. The molecule has 9 nitrogen and oxygen atoms in total. The lowest BCUT2D eigenvalue weighted by atomic mass is 9.95. The Morgan fingerprint density at radius 3 is 2.41 bits per heavy atom. The Kier molecular flexibility index (Phi) is 8.03. The van der Waals surface area contributed by atoms with Gasteiger partial charge in [0.15, 0.2) is 6.73 Å². The lowest BCUT2D eigenvalue weighted by Gasteiger charge is -2.49. The summed E-state index contributed by atoms with van der Waals surface area (Å²) in [4.78, 5) is 31.6. The van der Waals surface area contributed by atoms with E-state index < -0.39 is 11.8 Å². The molecule has 0 radical (unpaired) electrons. The van der Waals surface area contributed by atoms with Gasteiger partial charge in [0.05, 0.1) is 58.7 Å². The number of morpholine rings is 1. The second-order valence-electron chi connectivity index (χ2n) is 12.6. The van der Waals surface area contributed by atoms with Crippen molar-refractivity contribution in [2.75, 3.05) is 49.4 Å². The quantitative estimate of drug-likeness (QED) is 0.306. The molecule has 7 rings (SSSR count). The number of carboxylic acid groups (broad SMARTS) is 1. The maximum Gasteiger partial charge on any atom is 0.337 e. The number of anilines is 2. The minimum Gasteiger partial charge on any atom is -0.478 e. The lowest BCUT2D eigenvalue weighted by Crippen LogP contribution is -2.61. The summed E-state index contributed by atoms with van der Waals surface area (Å²) in [7, 11) is 0. The molecular weight excluding hydrogens is 636 g/mol. The zero-order valence-electron chi connectivity index (χ0n) is 25.5. The van der Waals surface area contributed by atoms with E-state index in [1.54, 1.807) is 30.3 Å². The monoisotopic (exact) mass is 669 g/mol. The fraction of sp³-hybridized carbons (Fsp3) is 0.412. The Hall–Kier alpha value is -3.57. The fourth-order valence-electron chi connectivity index (χ4n) is 7.28. The maximum atomic E-state index is 15.7. The molecule has 3 fully saturated rings. The summed E-state index contributed by atoms with van der Waals surface area (Å²) in [5.41, 5.74) is 2.54. The van der Waals surface area contributed by atoms with Crippen LogP contribution in [0.3, 0.4) is 0 Å². The smallest absolute Gasteiger partial charge is 0.337 e. The Morgan fingerprint density at radius 2 is 1.76 bits per heavy atom. The lowest BCUT2D eigenvalue weighted by molar-refractivity contribution is -0.0445. The van der Waals surface area contributed by atoms with Crippen molar-refractivity contribution in [3.05, 3.63) is 75.0 Å². The van der Waals surface area contributed by atoms with Gasteiger partial charge in [-0.25, -0.2) is 9.18 Å². The van der Waals surface area contributed by atoms with E-state index in [1.165, 1.54) is 4.90 Å². The molecule has 1 N–H and O–H groups in total. The van der Waals surface area contributed by atoms with E-state index >= 15 is 4.39 Å². The standard InChI is InChI=1S/C34H34Cl2FN3O6/c1-3-46-34(2)16-39(17-34)22-9-26(35)30(27(36)10-22)32(41)38-13-19-5-4-6-23(31(19)45-18-38)24-12-29(25(33(42)43)11-28(24)37)40-20-7-8-21(40)15-44-14-20/h4-6,9-12,20-21H,3,7-8,13-18H2,1-2H3,(H,42,43). The number of hydrogen-bond acceptors (Lipinski definition) is 7. The van der Waals surface area contributed by atoms with Crippen LogP contribution in [0.25, 0.3) is 11.1 Å². The average molecular weight is 671 g/mol. The summed E-state index contributed by atoms with van der Waals surface area (Å²) in [6.07, 6.45) is 1.76. The molecule has 242 valence electrons. The molecule has 3 saturated heterocycles. The van der Waals surface area contributed by atoms with E-state index in [0.29, 0.717) is 55.5 Å². The number of amides is 1. The number of halogens is 3. The molecule has 0 saturated carbocycles. The van der Waals surface area contributed by atoms with Crippen LogP contribution in [0, 0.1) is 5.82 Å². The van der Waals surface area contributed by atoms with E-state index in [4.69, 9.17) is 37.4 Å². The topological polar surface area (TPSA) is 91.8 Å². The van der Waals surface area contributed by atoms with Gasteiger partial charge in [0.1, 0.15) is 17.2 Å². The van der Waals surface area contributed by atoms with Gasteiger partial charge in [-0.15, -0.1) is 0 Å². The zero-order valence-corrected chi connectivity index (χ0v) is 27.0. The van der Waals surface area contributed by atoms with Crippen molar-refractivity contribution in [1.82, 2.24) is 4.90 Å². The summed E-state index contributed by atoms with van der Waals surface area (Å²) in [6.45, 7) is 7.10. The highest BCUT2D eigenvalue weighted by molar-refractivity contribution is 6.40. The first-order valence-corrected chi connectivity index (χ1v) is 16.2. The van der Waals surface area contributed by atoms with E-state index in [-0.39, 0.29) is 63.6 Å². The largest absolute Gasteiger partial charge is 0.478 e. The second kappa shape index (κ2) is 11.9. The van der Waals surface area contributed by atoms with Crippen molar-refractivity contribution in [2.24, 2.45) is 0 Å². The predicted octanol–water partition coefficient (Wildman–Crippen LogP) is 6.47. The Morgan fingerprint density at radius 1 is 1.07 bits per heavy atom. The van der Waals surface area contributed by atoms with Gasteiger partial charge in [-0.1, -0.05) is 41.4 Å². The number of ether oxygens (including phenoxy) is 3. The number of carboxylic acids is 1. The van der Waals surface area contributed by atoms with Crippen LogP contribution in [0.1, 0.15) is 53.0 Å². The van der Waals surface area contributed by atoms with Gasteiger partial charge >= 0.3 is 5.97 Å². The third kappa shape index (κ3) is 5.35. The molecular formula is C34H34Cl2FN3O6. The van der Waals surface area contributed by atoms with Gasteiger partial charge in [-0.3, -0.25) is 4.79 Å². The first kappa shape index (κ1) is 31.1. The van der Waals surface area contributed by atoms with Crippen molar-refractivity contribution in [1.29, 1.82) is 0 Å². The number of carbonyl (C=O) groups excluding carboxylic acids is 1. The predicted molar refractivity (Wildman–Crippen MR) is 173 cm³/mol. The summed E-state index contributed by atoms with van der Waals surface area (Å²) in [5, 5.41) is 10.4. The number of fused-ring (bicyclic) bond motifs is 3. The highest BCUT2D eigenvalue weighted by atomic mass is 35.5. The highest BCUT2D eigenvalue weighted by Crippen LogP contribution is 2.44. The summed E-state index contributed by atoms with van der Waals surface area (Å²) in [6, 6.07) is 11.6. The number of hydrogen-bond donors (Lipinski definition) is 1. The van der Waals surface area contributed by atoms with Gasteiger partial charge in [0.25, 0.3) is 5.91 Å². The number of nitrogens with zero attached hydrogens (tertiary/aromatic N) is 3. The molecule has 4 heterocycles. The minimum atomic E-state index is -1.19. The average Bonchev–Trinajstić information content (AvgIpc) is 3.25. The molecule has 0 aromatic heterocycles. The molecule has 4 aliphatic heterocycles. The first-order valence-electron chi connectivity index (χ1n) is 15.4. The fourth-order valence-corrected chi connectivity index (χ4v) is 7.92. The number of carbonyl (C=O) groups is 2. The van der Waals surface area contributed by atoms with Crippen LogP contribution in [0.15, 0.2) is 42.5 Å². The SMILES string of the molecule is CCOC1(C)CN(c2cc(Cl)c(C(=O)N3COc4c(cccc4-c4cc(N5C6CCC5COC6)c(C(=O)O)cc4F)C3)c(Cl)c2)C1. The van der Waals surface area contributed by atoms with E-state index in [1.807, 2.05) is 13.0 Å². The van der Waals surface area contributed by atoms with Gasteiger partial charge < -0.3 is 34.0 Å². The Balaban J connectivity index is 1.15. The third-order valence-electron chi connectivity index (χ3n) is 9.38. The van der Waals surface area contributed by atoms with Crippen molar-refractivity contribution in [3.63, 3.8) is 0 Å². The van der Waals surface area contributed by atoms with Crippen LogP contribution in [-0.2, 0) is 16.0 Å². The molecule has 2 bridgehead atoms. The minimum absolute atomic E-state index is 0.0320. The van der Waals surface area contributed by atoms with Crippen molar-refractivity contribution in [2.45, 2.75) is 50.9 Å². The van der Waals surface area contributed by atoms with Gasteiger partial charge in [0, 0.05) is 42.1 Å². The Bertz CT molecular complexity index is 1690. The van der Waals surface area contributed by atoms with E-state index in [9.17, 15) is 14.7 Å². The van der Waals surface area contributed by atoms with Crippen molar-refractivity contribution >= 4 is 46.5 Å². The second-order valence-corrected chi connectivity index (χ2v) is 13.4. The van der Waals surface area contributed by atoms with Gasteiger partial charge in [-0.2, -0.15) is 0 Å². The number of para-hydroxylation sites is 1. The molecule has 2 atom stereocenters. The molecule has 0 spiro atoms. The number of aromatic carboxylic acids is 1. The highest BCUT2D eigenvalue weighted by Gasteiger charge is 2.41. The van der Waals surface area contributed by atoms with Crippen LogP contribution >= 0.6 is 23.2 Å². The van der Waals surface area contributed by atoms with Crippen LogP contribution in [0.5, 0.6) is 5.75 Å². The first-order chi connectivity index (χ1) is 22.1. The molecule has 1 amide bonds. The van der Waals surface area contributed by atoms with Crippen LogP contribution in [0.4, 0.5) is 15.8 Å². The molecule has 2 unspecified atom stereocenters. The van der Waals surface area contributed by atoms with Gasteiger partial charge in [-0.05, 0) is 51.0 Å². The maximum absolute atomic E-state index is 15.7. The van der Waals surface area contributed by atoms with Crippen LogP contribution in [-0.4, -0.2) is 79.2 Å². The van der Waals surface area contributed by atoms with Crippen molar-refractivity contribution in [3.8, 4) is 16.9 Å². The Labute approximate surface area is 276 Å². The zero-order chi connectivity index (χ0) is 32.3. The molecule has 46 heavy (non-hydrogen) atoms. The molecule has 12 heteroatoms. The molecule has 0 aliphatic carbocycles.